The minimum absolute atomic E-state index is 0.333. The van der Waals surface area contributed by atoms with E-state index < -0.39 is 11.9 Å². The molecule has 0 saturated carbocycles. The number of halogens is 4. The van der Waals surface area contributed by atoms with Crippen LogP contribution in [0.15, 0.2) is 40.9 Å². The topological polar surface area (TPSA) is 12.0 Å². The van der Waals surface area contributed by atoms with E-state index in [0.29, 0.717) is 22.7 Å². The number of rotatable bonds is 4. The molecule has 2 aromatic rings. The van der Waals surface area contributed by atoms with E-state index in [-0.39, 0.29) is 5.82 Å². The smallest absolute Gasteiger partial charge is 0.129 e. The van der Waals surface area contributed by atoms with Crippen LogP contribution in [0.1, 0.15) is 24.1 Å². The van der Waals surface area contributed by atoms with Crippen molar-refractivity contribution in [2.75, 3.05) is 6.54 Å². The zero-order valence-electron chi connectivity index (χ0n) is 10.8. The highest BCUT2D eigenvalue weighted by molar-refractivity contribution is 9.10. The Balaban J connectivity index is 2.53. The maximum absolute atomic E-state index is 14.1. The van der Waals surface area contributed by atoms with E-state index in [0.717, 1.165) is 4.47 Å². The van der Waals surface area contributed by atoms with Crippen molar-refractivity contribution >= 4 is 27.5 Å². The normalized spacial score (nSPS) is 12.4. The van der Waals surface area contributed by atoms with Gasteiger partial charge in [-0.3, -0.25) is 0 Å². The summed E-state index contributed by atoms with van der Waals surface area (Å²) in [7, 11) is 0. The fourth-order valence-corrected chi connectivity index (χ4v) is 2.70. The van der Waals surface area contributed by atoms with Crippen molar-refractivity contribution in [3.05, 3.63) is 68.7 Å². The van der Waals surface area contributed by atoms with Crippen LogP contribution in [0.4, 0.5) is 8.78 Å². The van der Waals surface area contributed by atoms with Crippen molar-refractivity contribution in [1.82, 2.24) is 5.32 Å². The predicted octanol–water partition coefficient (Wildman–Crippen LogP) is 5.08. The highest BCUT2D eigenvalue weighted by Crippen LogP contribution is 2.31. The summed E-state index contributed by atoms with van der Waals surface area (Å²) in [5.74, 6) is -0.778. The lowest BCUT2D eigenvalue weighted by Crippen LogP contribution is -2.23. The average molecular weight is 361 g/mol. The van der Waals surface area contributed by atoms with Gasteiger partial charge in [0.15, 0.2) is 0 Å². The standard InChI is InChI=1S/C15H13BrClF2N/c1-2-20-15(11-5-3-9(17)7-14(11)19)12-8-10(18)4-6-13(12)16/h3-8,15,20H,2H2,1H3. The Bertz CT molecular complexity index is 619. The van der Waals surface area contributed by atoms with Crippen molar-refractivity contribution in [1.29, 1.82) is 0 Å². The molecule has 1 unspecified atom stereocenters. The van der Waals surface area contributed by atoms with Gasteiger partial charge in [0.2, 0.25) is 0 Å². The van der Waals surface area contributed by atoms with Gasteiger partial charge in [0, 0.05) is 15.1 Å². The maximum Gasteiger partial charge on any atom is 0.129 e. The Kier molecular flexibility index (Phi) is 5.13. The molecule has 0 fully saturated rings. The first-order valence-electron chi connectivity index (χ1n) is 6.16. The molecule has 0 amide bonds. The van der Waals surface area contributed by atoms with Crippen LogP contribution in [0.2, 0.25) is 5.02 Å². The van der Waals surface area contributed by atoms with Crippen molar-refractivity contribution in [2.24, 2.45) is 0 Å². The fourth-order valence-electron chi connectivity index (χ4n) is 2.06. The van der Waals surface area contributed by atoms with Gasteiger partial charge in [0.25, 0.3) is 0 Å². The third-order valence-electron chi connectivity index (χ3n) is 2.95. The summed E-state index contributed by atoms with van der Waals surface area (Å²) >= 11 is 9.15. The molecule has 0 radical (unpaired) electrons. The molecule has 20 heavy (non-hydrogen) atoms. The molecule has 0 saturated heterocycles. The van der Waals surface area contributed by atoms with Gasteiger partial charge in [-0.05, 0) is 42.4 Å². The van der Waals surface area contributed by atoms with Crippen molar-refractivity contribution in [3.8, 4) is 0 Å². The Morgan fingerprint density at radius 2 is 1.90 bits per heavy atom. The average Bonchev–Trinajstić information content (AvgIpc) is 2.40. The molecule has 1 nitrogen and oxygen atoms in total. The molecule has 2 rings (SSSR count). The molecule has 0 spiro atoms. The van der Waals surface area contributed by atoms with Crippen LogP contribution in [0.3, 0.4) is 0 Å². The molecule has 0 aromatic heterocycles. The largest absolute Gasteiger partial charge is 0.306 e. The molecule has 0 aliphatic carbocycles. The molecular formula is C15H13BrClF2N. The summed E-state index contributed by atoms with van der Waals surface area (Å²) in [4.78, 5) is 0. The number of nitrogens with one attached hydrogen (secondary N) is 1. The van der Waals surface area contributed by atoms with E-state index in [4.69, 9.17) is 11.6 Å². The zero-order chi connectivity index (χ0) is 14.7. The molecule has 106 valence electrons. The van der Waals surface area contributed by atoms with E-state index >= 15 is 0 Å². The number of hydrogen-bond donors (Lipinski definition) is 1. The quantitative estimate of drug-likeness (QED) is 0.802. The summed E-state index contributed by atoms with van der Waals surface area (Å²) < 4.78 is 28.3. The predicted molar refractivity (Wildman–Crippen MR) is 81.0 cm³/mol. The summed E-state index contributed by atoms with van der Waals surface area (Å²) in [6.07, 6.45) is 0. The van der Waals surface area contributed by atoms with Crippen molar-refractivity contribution in [2.45, 2.75) is 13.0 Å². The summed E-state index contributed by atoms with van der Waals surface area (Å²) in [6.45, 7) is 2.53. The molecule has 0 bridgehead atoms. The first-order valence-corrected chi connectivity index (χ1v) is 7.33. The number of hydrogen-bond acceptors (Lipinski definition) is 1. The van der Waals surface area contributed by atoms with Crippen LogP contribution >= 0.6 is 27.5 Å². The van der Waals surface area contributed by atoms with Gasteiger partial charge in [-0.15, -0.1) is 0 Å². The highest BCUT2D eigenvalue weighted by atomic mass is 79.9. The lowest BCUT2D eigenvalue weighted by Gasteiger charge is -2.21. The minimum Gasteiger partial charge on any atom is -0.306 e. The first kappa shape index (κ1) is 15.4. The Morgan fingerprint density at radius 3 is 2.55 bits per heavy atom. The van der Waals surface area contributed by atoms with Crippen LogP contribution in [-0.2, 0) is 0 Å². The molecule has 0 aliphatic rings. The van der Waals surface area contributed by atoms with Gasteiger partial charge in [-0.2, -0.15) is 0 Å². The van der Waals surface area contributed by atoms with Crippen LogP contribution in [0.5, 0.6) is 0 Å². The lowest BCUT2D eigenvalue weighted by atomic mass is 9.98. The molecule has 0 heterocycles. The zero-order valence-corrected chi connectivity index (χ0v) is 13.1. The highest BCUT2D eigenvalue weighted by Gasteiger charge is 2.20. The second-order valence-corrected chi connectivity index (χ2v) is 5.61. The van der Waals surface area contributed by atoms with Crippen molar-refractivity contribution < 1.29 is 8.78 Å². The second kappa shape index (κ2) is 6.66. The van der Waals surface area contributed by atoms with Crippen LogP contribution in [0, 0.1) is 11.6 Å². The minimum atomic E-state index is -0.442. The third-order valence-corrected chi connectivity index (χ3v) is 3.91. The second-order valence-electron chi connectivity index (χ2n) is 4.32. The van der Waals surface area contributed by atoms with E-state index in [1.165, 1.54) is 18.2 Å². The van der Waals surface area contributed by atoms with E-state index in [1.54, 1.807) is 18.2 Å². The number of benzene rings is 2. The van der Waals surface area contributed by atoms with Gasteiger partial charge in [0.05, 0.1) is 6.04 Å². The third kappa shape index (κ3) is 3.37. The van der Waals surface area contributed by atoms with Gasteiger partial charge in [-0.25, -0.2) is 8.78 Å². The summed E-state index contributed by atoms with van der Waals surface area (Å²) in [5.41, 5.74) is 1.08. The molecule has 2 aromatic carbocycles. The van der Waals surface area contributed by atoms with Gasteiger partial charge < -0.3 is 5.32 Å². The molecule has 1 atom stereocenters. The lowest BCUT2D eigenvalue weighted by molar-refractivity contribution is 0.553. The fraction of sp³-hybridized carbons (Fsp3) is 0.200. The van der Waals surface area contributed by atoms with Crippen LogP contribution < -0.4 is 5.32 Å². The van der Waals surface area contributed by atoms with E-state index in [1.807, 2.05) is 6.92 Å². The Labute approximate surface area is 130 Å². The van der Waals surface area contributed by atoms with E-state index in [9.17, 15) is 8.78 Å². The summed E-state index contributed by atoms with van der Waals surface area (Å²) in [6, 6.07) is 8.42. The molecule has 1 N–H and O–H groups in total. The monoisotopic (exact) mass is 359 g/mol. The van der Waals surface area contributed by atoms with Crippen molar-refractivity contribution in [3.63, 3.8) is 0 Å². The SMILES string of the molecule is CCNC(c1ccc(Cl)cc1F)c1cc(F)ccc1Br. The Hall–Kier alpha value is -0.970. The van der Waals surface area contributed by atoms with Gasteiger partial charge in [0.1, 0.15) is 11.6 Å². The van der Waals surface area contributed by atoms with Crippen LogP contribution in [-0.4, -0.2) is 6.54 Å². The first-order chi connectivity index (χ1) is 9.52. The molecule has 0 aliphatic heterocycles. The summed E-state index contributed by atoms with van der Waals surface area (Å²) in [5, 5.41) is 3.50. The van der Waals surface area contributed by atoms with E-state index in [2.05, 4.69) is 21.2 Å². The van der Waals surface area contributed by atoms with Gasteiger partial charge >= 0.3 is 0 Å². The maximum atomic E-state index is 14.1. The van der Waals surface area contributed by atoms with Crippen LogP contribution in [0.25, 0.3) is 0 Å². The Morgan fingerprint density at radius 1 is 1.15 bits per heavy atom. The molecule has 5 heteroatoms. The van der Waals surface area contributed by atoms with Gasteiger partial charge in [-0.1, -0.05) is 40.5 Å². The molecular weight excluding hydrogens is 348 g/mol.